The van der Waals surface area contributed by atoms with Crippen molar-refractivity contribution in [1.29, 1.82) is 5.26 Å². The number of rotatable bonds is 8. The van der Waals surface area contributed by atoms with Crippen LogP contribution in [-0.4, -0.2) is 71.9 Å². The first-order valence-corrected chi connectivity index (χ1v) is 14.2. The highest BCUT2D eigenvalue weighted by atomic mass is 32.2. The molecule has 6 rings (SSSR count). The molecule has 15 heteroatoms. The molecule has 0 aliphatic carbocycles. The normalized spacial score (nSPS) is 15.3. The molecule has 0 amide bonds. The molecule has 0 radical (unpaired) electrons. The third-order valence-electron chi connectivity index (χ3n) is 6.50. The second-order valence-electron chi connectivity index (χ2n) is 8.87. The third kappa shape index (κ3) is 4.18. The summed E-state index contributed by atoms with van der Waals surface area (Å²) in [6.07, 6.45) is 3.67. The summed E-state index contributed by atoms with van der Waals surface area (Å²) in [5, 5.41) is 33.2. The second-order valence-corrected chi connectivity index (χ2v) is 12.0. The number of tetrazole rings is 1. The average Bonchev–Trinajstić information content (AvgIpc) is 3.68. The molecule has 1 aromatic carbocycles. The van der Waals surface area contributed by atoms with E-state index in [0.717, 1.165) is 27.0 Å². The molecule has 0 spiro atoms. The van der Waals surface area contributed by atoms with Crippen LogP contribution in [0.1, 0.15) is 13.3 Å². The van der Waals surface area contributed by atoms with Gasteiger partial charge in [0.25, 0.3) is 0 Å². The van der Waals surface area contributed by atoms with Gasteiger partial charge in [-0.1, -0.05) is 0 Å². The first-order valence-electron chi connectivity index (χ1n) is 11.7. The lowest BCUT2D eigenvalue weighted by Crippen LogP contribution is -2.64. The van der Waals surface area contributed by atoms with Crippen molar-refractivity contribution in [3.63, 3.8) is 0 Å². The summed E-state index contributed by atoms with van der Waals surface area (Å²) in [5.41, 5.74) is 3.14. The van der Waals surface area contributed by atoms with Crippen molar-refractivity contribution in [1.82, 2.24) is 44.7 Å². The number of nitriles is 1. The van der Waals surface area contributed by atoms with E-state index in [-0.39, 0.29) is 25.3 Å². The predicted molar refractivity (Wildman–Crippen MR) is 141 cm³/mol. The van der Waals surface area contributed by atoms with Gasteiger partial charge in [-0.2, -0.15) is 19.9 Å². The summed E-state index contributed by atoms with van der Waals surface area (Å²) < 4.78 is 28.6. The molecule has 1 saturated heterocycles. The summed E-state index contributed by atoms with van der Waals surface area (Å²) in [5.74, 6) is 0.941. The maximum absolute atomic E-state index is 12.3. The largest absolute Gasteiger partial charge is 0.324 e. The maximum atomic E-state index is 12.3. The molecule has 1 aliphatic heterocycles. The van der Waals surface area contributed by atoms with Crippen molar-refractivity contribution in [3.8, 4) is 28.7 Å². The van der Waals surface area contributed by atoms with Crippen molar-refractivity contribution in [2.24, 2.45) is 0 Å². The summed E-state index contributed by atoms with van der Waals surface area (Å²) in [4.78, 5) is 9.44. The predicted octanol–water partition coefficient (Wildman–Crippen LogP) is 2.75. The number of aromatic amines is 1. The number of anilines is 2. The fourth-order valence-corrected chi connectivity index (χ4v) is 6.49. The van der Waals surface area contributed by atoms with Gasteiger partial charge in [0, 0.05) is 36.1 Å². The number of fused-ring (bicyclic) bond motifs is 1. The van der Waals surface area contributed by atoms with E-state index in [1.165, 1.54) is 15.6 Å². The molecular weight excluding hydrogens is 526 g/mol. The number of sulfonamides is 1. The van der Waals surface area contributed by atoms with Crippen LogP contribution in [0.5, 0.6) is 0 Å². The lowest BCUT2D eigenvalue weighted by atomic mass is 9.89. The number of H-pyrrole nitrogens is 1. The summed E-state index contributed by atoms with van der Waals surface area (Å²) in [7, 11) is -3.33. The summed E-state index contributed by atoms with van der Waals surface area (Å²) in [6.45, 7) is 2.03. The molecular formula is C23H21N11O2S2. The molecule has 2 N–H and O–H groups in total. The van der Waals surface area contributed by atoms with E-state index in [4.69, 9.17) is 4.98 Å². The van der Waals surface area contributed by atoms with E-state index in [2.05, 4.69) is 42.1 Å². The average molecular weight is 548 g/mol. The van der Waals surface area contributed by atoms with Gasteiger partial charge in [0.1, 0.15) is 5.54 Å². The van der Waals surface area contributed by atoms with Gasteiger partial charge in [-0.05, 0) is 47.8 Å². The number of aromatic nitrogens is 8. The molecule has 0 atom stereocenters. The van der Waals surface area contributed by atoms with Crippen molar-refractivity contribution in [3.05, 3.63) is 48.1 Å². The number of nitrogens with one attached hydrogen (secondary N) is 2. The van der Waals surface area contributed by atoms with E-state index in [1.807, 2.05) is 41.9 Å². The minimum Gasteiger partial charge on any atom is -0.324 e. The van der Waals surface area contributed by atoms with Gasteiger partial charge in [-0.25, -0.2) is 18.4 Å². The Bertz CT molecular complexity index is 1750. The van der Waals surface area contributed by atoms with E-state index in [1.54, 1.807) is 17.8 Å². The smallest absolute Gasteiger partial charge is 0.228 e. The molecule has 13 nitrogen and oxygen atoms in total. The van der Waals surface area contributed by atoms with Crippen LogP contribution in [0.2, 0.25) is 0 Å². The van der Waals surface area contributed by atoms with Crippen LogP contribution in [-0.2, 0) is 15.6 Å². The molecule has 192 valence electrons. The fourth-order valence-electron chi connectivity index (χ4n) is 4.41. The number of nitrogens with zero attached hydrogens (tertiary/aromatic N) is 9. The lowest BCUT2D eigenvalue weighted by Gasteiger charge is -2.47. The van der Waals surface area contributed by atoms with Crippen LogP contribution in [0.25, 0.3) is 32.9 Å². The topological polar surface area (TPSA) is 171 Å². The zero-order chi connectivity index (χ0) is 26.3. The van der Waals surface area contributed by atoms with Crippen LogP contribution >= 0.6 is 11.3 Å². The molecule has 38 heavy (non-hydrogen) atoms. The number of hydrogen-bond acceptors (Lipinski definition) is 11. The first-order chi connectivity index (χ1) is 18.4. The van der Waals surface area contributed by atoms with E-state index >= 15 is 0 Å². The Balaban J connectivity index is 1.30. The summed E-state index contributed by atoms with van der Waals surface area (Å²) in [6, 6.07) is 11.6. The number of hydrogen-bond donors (Lipinski definition) is 2. The van der Waals surface area contributed by atoms with Crippen LogP contribution in [0, 0.1) is 11.3 Å². The Morgan fingerprint density at radius 1 is 1.18 bits per heavy atom. The molecule has 5 heterocycles. The molecule has 5 aromatic rings. The van der Waals surface area contributed by atoms with Gasteiger partial charge in [0.05, 0.1) is 40.4 Å². The summed E-state index contributed by atoms with van der Waals surface area (Å²) >= 11 is 1.53. The monoisotopic (exact) mass is 547 g/mol. The van der Waals surface area contributed by atoms with Crippen molar-refractivity contribution in [2.45, 2.75) is 18.9 Å². The van der Waals surface area contributed by atoms with Crippen LogP contribution in [0.3, 0.4) is 0 Å². The quantitative estimate of drug-likeness (QED) is 0.294. The highest BCUT2D eigenvalue weighted by Crippen LogP contribution is 2.37. The minimum atomic E-state index is -3.33. The van der Waals surface area contributed by atoms with Gasteiger partial charge in [-0.3, -0.25) is 4.68 Å². The van der Waals surface area contributed by atoms with Crippen LogP contribution < -0.4 is 5.32 Å². The number of thiophene rings is 1. The number of benzene rings is 1. The minimum absolute atomic E-state index is 0.0207. The Labute approximate surface area is 221 Å². The molecule has 1 fully saturated rings. The SMILES string of the molecule is CCS(=O)(=O)N1CC(CC#N)(n2cc(-c3nc(Nc4ccc(-c5nn[nH]n5)cc4)nc4ccsc34)cn2)C1. The molecule has 0 bridgehead atoms. The van der Waals surface area contributed by atoms with Gasteiger partial charge in [0.15, 0.2) is 0 Å². The second kappa shape index (κ2) is 9.24. The van der Waals surface area contributed by atoms with Crippen molar-refractivity contribution >= 4 is 43.2 Å². The van der Waals surface area contributed by atoms with Crippen LogP contribution in [0.4, 0.5) is 11.6 Å². The highest BCUT2D eigenvalue weighted by molar-refractivity contribution is 7.89. The zero-order valence-corrected chi connectivity index (χ0v) is 21.7. The maximum Gasteiger partial charge on any atom is 0.228 e. The van der Waals surface area contributed by atoms with Gasteiger partial charge in [-0.15, -0.1) is 21.5 Å². The Hall–Kier alpha value is -4.26. The highest BCUT2D eigenvalue weighted by Gasteiger charge is 2.49. The van der Waals surface area contributed by atoms with Gasteiger partial charge in [0.2, 0.25) is 21.8 Å². The van der Waals surface area contributed by atoms with Crippen LogP contribution in [0.15, 0.2) is 48.1 Å². The molecule has 0 unspecified atom stereocenters. The van der Waals surface area contributed by atoms with E-state index < -0.39 is 15.6 Å². The third-order valence-corrected chi connectivity index (χ3v) is 9.18. The Morgan fingerprint density at radius 2 is 2.00 bits per heavy atom. The molecule has 1 aliphatic rings. The van der Waals surface area contributed by atoms with E-state index in [0.29, 0.717) is 17.5 Å². The van der Waals surface area contributed by atoms with Gasteiger partial charge >= 0.3 is 0 Å². The van der Waals surface area contributed by atoms with Crippen molar-refractivity contribution < 1.29 is 8.42 Å². The Morgan fingerprint density at radius 3 is 2.71 bits per heavy atom. The van der Waals surface area contributed by atoms with Gasteiger partial charge < -0.3 is 5.32 Å². The van der Waals surface area contributed by atoms with Crippen molar-refractivity contribution in [2.75, 3.05) is 24.2 Å². The molecule has 4 aromatic heterocycles. The lowest BCUT2D eigenvalue weighted by molar-refractivity contribution is 0.0719. The standard InChI is InChI=1S/C23H21N11O2S2/c1-2-38(35,36)33-13-23(14-33,8-9-24)34-12-16(11-25-34)19-20-18(7-10-37-20)27-22(28-19)26-17-5-3-15(4-6-17)21-29-31-32-30-21/h3-7,10-12H,2,8,13-14H2,1H3,(H,26,27,28)(H,29,30,31,32). The fraction of sp³-hybridized carbons (Fsp3) is 0.261. The first kappa shape index (κ1) is 24.1. The van der Waals surface area contributed by atoms with E-state index in [9.17, 15) is 13.7 Å². The Kier molecular flexibility index (Phi) is 5.86. The zero-order valence-electron chi connectivity index (χ0n) is 20.1. The molecule has 0 saturated carbocycles.